The molecule has 0 radical (unpaired) electrons. The number of alkyl halides is 3. The van der Waals surface area contributed by atoms with E-state index in [4.69, 9.17) is 11.6 Å². The van der Waals surface area contributed by atoms with Gasteiger partial charge in [0.15, 0.2) is 0 Å². The molecule has 2 aromatic carbocycles. The van der Waals surface area contributed by atoms with Crippen LogP contribution in [0.15, 0.2) is 48.7 Å². The molecular weight excluding hydrogens is 615 g/mol. The van der Waals surface area contributed by atoms with Crippen molar-refractivity contribution in [2.75, 3.05) is 7.05 Å². The van der Waals surface area contributed by atoms with Crippen molar-refractivity contribution < 1.29 is 41.2 Å². The summed E-state index contributed by atoms with van der Waals surface area (Å²) in [5.41, 5.74) is -0.684. The van der Waals surface area contributed by atoms with Gasteiger partial charge in [-0.1, -0.05) is 35.9 Å². The van der Waals surface area contributed by atoms with Crippen LogP contribution in [-0.4, -0.2) is 52.8 Å². The highest BCUT2D eigenvalue weighted by Crippen LogP contribution is 2.43. The van der Waals surface area contributed by atoms with Gasteiger partial charge in [0.25, 0.3) is 5.91 Å². The van der Waals surface area contributed by atoms with Crippen molar-refractivity contribution in [2.24, 2.45) is 0 Å². The fourth-order valence-electron chi connectivity index (χ4n) is 5.02. The maximum Gasteiger partial charge on any atom is 0.491 e. The number of pyridine rings is 1. The summed E-state index contributed by atoms with van der Waals surface area (Å²) in [4.78, 5) is 13.0. The first-order valence-corrected chi connectivity index (χ1v) is 14.3. The monoisotopic (exact) mass is 637 g/mol. The molecule has 16 heteroatoms. The predicted octanol–water partition coefficient (Wildman–Crippen LogP) is 3.53. The van der Waals surface area contributed by atoms with Crippen molar-refractivity contribution in [1.82, 2.24) is 19.2 Å². The standard InChI is InChI=1S/C27H24BClF4N4O5S/c1-34-26(38)22-21-10-19(14-2-3-14)17(13-37(21)35-25(22)15-4-7-18(29)8-5-15)12-36(43(41)42)11-16-6-9-20(28(39)40)24(30)23(16)27(31,32)33/h4-10,13-14,39-40H,2-3,11-12H2,1H3,(H,34,38)(H,41,42)/p-1. The van der Waals surface area contributed by atoms with Gasteiger partial charge >= 0.3 is 13.3 Å². The van der Waals surface area contributed by atoms with E-state index in [1.54, 1.807) is 30.3 Å². The molecule has 1 unspecified atom stereocenters. The molecule has 0 aliphatic heterocycles. The summed E-state index contributed by atoms with van der Waals surface area (Å²) in [5.74, 6) is -2.28. The van der Waals surface area contributed by atoms with E-state index in [1.165, 1.54) is 17.8 Å². The summed E-state index contributed by atoms with van der Waals surface area (Å²) in [7, 11) is -1.03. The molecule has 5 rings (SSSR count). The second-order valence-corrected chi connectivity index (χ2v) is 11.4. The number of nitrogens with one attached hydrogen (secondary N) is 1. The SMILES string of the molecule is CNC(=O)c1c(-c2ccc(Cl)cc2)nn2cc(CN(Cc3ccc(B(O)O)c(F)c3C(F)(F)F)S(=O)[O-])c(C3CC3)cc12. The van der Waals surface area contributed by atoms with Crippen molar-refractivity contribution in [3.05, 3.63) is 87.3 Å². The average Bonchev–Trinajstić information content (AvgIpc) is 3.71. The molecule has 1 amide bonds. The van der Waals surface area contributed by atoms with E-state index < -0.39 is 59.4 Å². The Morgan fingerprint density at radius 3 is 2.40 bits per heavy atom. The fourth-order valence-corrected chi connectivity index (χ4v) is 5.64. The Hall–Kier alpha value is -3.34. The predicted molar refractivity (Wildman–Crippen MR) is 150 cm³/mol. The quantitative estimate of drug-likeness (QED) is 0.146. The molecule has 226 valence electrons. The Balaban J connectivity index is 1.60. The van der Waals surface area contributed by atoms with Crippen molar-refractivity contribution in [1.29, 1.82) is 0 Å². The molecule has 0 saturated heterocycles. The summed E-state index contributed by atoms with van der Waals surface area (Å²) >= 11 is 2.98. The molecule has 2 aromatic heterocycles. The smallest absolute Gasteiger partial charge is 0.491 e. The van der Waals surface area contributed by atoms with Crippen LogP contribution < -0.4 is 10.8 Å². The highest BCUT2D eigenvalue weighted by molar-refractivity contribution is 7.76. The lowest BCUT2D eigenvalue weighted by Crippen LogP contribution is -2.36. The summed E-state index contributed by atoms with van der Waals surface area (Å²) < 4.78 is 83.0. The molecule has 0 spiro atoms. The second-order valence-electron chi connectivity index (χ2n) is 10.1. The molecule has 4 aromatic rings. The van der Waals surface area contributed by atoms with E-state index in [1.807, 2.05) is 0 Å². The van der Waals surface area contributed by atoms with Crippen LogP contribution in [0, 0.1) is 5.82 Å². The number of hydrogen-bond donors (Lipinski definition) is 3. The number of carbonyl (C=O) groups excluding carboxylic acids is 1. The summed E-state index contributed by atoms with van der Waals surface area (Å²) in [6.45, 7) is -1.24. The molecular formula is C27H23BClF4N4O5S-. The van der Waals surface area contributed by atoms with E-state index in [0.717, 1.165) is 25.0 Å². The first kappa shape index (κ1) is 31.1. The first-order valence-electron chi connectivity index (χ1n) is 12.9. The highest BCUT2D eigenvalue weighted by atomic mass is 35.5. The molecule has 3 N–H and O–H groups in total. The Bertz CT molecular complexity index is 1730. The average molecular weight is 638 g/mol. The van der Waals surface area contributed by atoms with Gasteiger partial charge in [-0.15, -0.1) is 0 Å². The largest absolute Gasteiger partial charge is 0.760 e. The topological polar surface area (TPSA) is 130 Å². The summed E-state index contributed by atoms with van der Waals surface area (Å²) in [6.07, 6.45) is -2.15. The fraction of sp³-hybridized carbons (Fsp3) is 0.259. The first-order chi connectivity index (χ1) is 20.3. The number of aromatic nitrogens is 2. The zero-order valence-corrected chi connectivity index (χ0v) is 23.9. The van der Waals surface area contributed by atoms with Crippen LogP contribution in [0.2, 0.25) is 5.02 Å². The maximum atomic E-state index is 14.7. The van der Waals surface area contributed by atoms with Crippen LogP contribution in [0.1, 0.15) is 51.4 Å². The molecule has 1 fully saturated rings. The summed E-state index contributed by atoms with van der Waals surface area (Å²) in [6, 6.07) is 9.98. The van der Waals surface area contributed by atoms with Crippen LogP contribution >= 0.6 is 11.6 Å². The van der Waals surface area contributed by atoms with Gasteiger partial charge in [-0.3, -0.25) is 9.00 Å². The van der Waals surface area contributed by atoms with Gasteiger partial charge in [-0.25, -0.2) is 13.2 Å². The minimum absolute atomic E-state index is 0.0295. The minimum Gasteiger partial charge on any atom is -0.760 e. The summed E-state index contributed by atoms with van der Waals surface area (Å²) in [5, 5.41) is 26.2. The third-order valence-corrected chi connectivity index (χ3v) is 8.13. The minimum atomic E-state index is -5.25. The van der Waals surface area contributed by atoms with Crippen molar-refractivity contribution >= 4 is 46.9 Å². The molecule has 1 atom stereocenters. The van der Waals surface area contributed by atoms with Gasteiger partial charge in [-0.2, -0.15) is 18.3 Å². The van der Waals surface area contributed by atoms with Crippen molar-refractivity contribution in [3.8, 4) is 11.3 Å². The normalized spacial score (nSPS) is 14.4. The van der Waals surface area contributed by atoms with Gasteiger partial charge in [0.05, 0.1) is 16.6 Å². The van der Waals surface area contributed by atoms with E-state index >= 15 is 0 Å². The number of benzene rings is 2. The van der Waals surface area contributed by atoms with Gasteiger partial charge < -0.3 is 19.9 Å². The lowest BCUT2D eigenvalue weighted by Gasteiger charge is -2.27. The van der Waals surface area contributed by atoms with Gasteiger partial charge in [0, 0.05) is 53.6 Å². The molecule has 2 heterocycles. The van der Waals surface area contributed by atoms with E-state index in [-0.39, 0.29) is 18.0 Å². The van der Waals surface area contributed by atoms with E-state index in [0.29, 0.717) is 37.2 Å². The van der Waals surface area contributed by atoms with Crippen LogP contribution in [0.25, 0.3) is 16.8 Å². The van der Waals surface area contributed by atoms with Gasteiger partial charge in [0.2, 0.25) is 0 Å². The maximum absolute atomic E-state index is 14.7. The number of amides is 1. The molecule has 0 bridgehead atoms. The highest BCUT2D eigenvalue weighted by Gasteiger charge is 2.40. The lowest BCUT2D eigenvalue weighted by molar-refractivity contribution is -0.140. The number of carbonyl (C=O) groups is 1. The molecule has 9 nitrogen and oxygen atoms in total. The van der Waals surface area contributed by atoms with Crippen LogP contribution in [0.5, 0.6) is 0 Å². The number of hydrogen-bond acceptors (Lipinski definition) is 6. The van der Waals surface area contributed by atoms with E-state index in [2.05, 4.69) is 10.4 Å². The second kappa shape index (κ2) is 12.0. The zero-order chi connectivity index (χ0) is 31.2. The van der Waals surface area contributed by atoms with E-state index in [9.17, 15) is 41.2 Å². The van der Waals surface area contributed by atoms with Gasteiger partial charge in [0.1, 0.15) is 11.5 Å². The number of fused-ring (bicyclic) bond motifs is 1. The Kier molecular flexibility index (Phi) is 8.67. The number of rotatable bonds is 9. The van der Waals surface area contributed by atoms with Crippen molar-refractivity contribution in [3.63, 3.8) is 0 Å². The molecule has 1 aliphatic rings. The Morgan fingerprint density at radius 1 is 1.19 bits per heavy atom. The van der Waals surface area contributed by atoms with Crippen LogP contribution in [0.3, 0.4) is 0 Å². The van der Waals surface area contributed by atoms with Gasteiger partial charge in [-0.05, 0) is 53.6 Å². The van der Waals surface area contributed by atoms with Crippen molar-refractivity contribution in [2.45, 2.75) is 38.0 Å². The van der Waals surface area contributed by atoms with Crippen LogP contribution in [0.4, 0.5) is 17.6 Å². The zero-order valence-electron chi connectivity index (χ0n) is 22.4. The Labute approximate surface area is 250 Å². The van der Waals surface area contributed by atoms with Crippen LogP contribution in [-0.2, 0) is 30.5 Å². The third-order valence-electron chi connectivity index (χ3n) is 7.20. The Morgan fingerprint density at radius 2 is 1.84 bits per heavy atom. The lowest BCUT2D eigenvalue weighted by atomic mass is 9.78. The number of halogens is 5. The molecule has 1 saturated carbocycles. The number of nitrogens with zero attached hydrogens (tertiary/aromatic N) is 3. The molecule has 1 aliphatic carbocycles. The third kappa shape index (κ3) is 6.32. The molecule has 43 heavy (non-hydrogen) atoms.